The molecule has 1 aliphatic heterocycles. The Kier molecular flexibility index (Phi) is 4.40. The summed E-state index contributed by atoms with van der Waals surface area (Å²) in [6, 6.07) is 11.5. The molecule has 0 fully saturated rings. The summed E-state index contributed by atoms with van der Waals surface area (Å²) in [5.74, 6) is -0.955. The molecule has 0 bridgehead atoms. The highest BCUT2D eigenvalue weighted by Gasteiger charge is 2.29. The Hall–Kier alpha value is -3.68. The molecular weight excluding hydrogens is 338 g/mol. The van der Waals surface area contributed by atoms with Gasteiger partial charge < -0.3 is 9.84 Å². The second kappa shape index (κ2) is 6.67. The summed E-state index contributed by atoms with van der Waals surface area (Å²) in [4.78, 5) is 23.1. The highest BCUT2D eigenvalue weighted by molar-refractivity contribution is 6.32. The molecule has 8 heteroatoms. The number of ether oxygens (including phenoxy) is 1. The summed E-state index contributed by atoms with van der Waals surface area (Å²) in [5, 5.41) is 26.5. The standard InChI is InChI=1S/C18H15N3O5/c1-11-14(18(23)20(19-11)13-6-4-3-5-7-13)8-12-9-15(21(24)25)17(22)16(10-12)26-2/h3-10,22H,1-2H3/b14-8-. The Morgan fingerprint density at radius 2 is 1.96 bits per heavy atom. The summed E-state index contributed by atoms with van der Waals surface area (Å²) < 4.78 is 4.98. The first kappa shape index (κ1) is 17.2. The smallest absolute Gasteiger partial charge is 0.315 e. The van der Waals surface area contributed by atoms with Gasteiger partial charge >= 0.3 is 5.69 Å². The summed E-state index contributed by atoms with van der Waals surface area (Å²) in [6.07, 6.45) is 1.49. The molecule has 1 amide bonds. The van der Waals surface area contributed by atoms with E-state index in [1.54, 1.807) is 31.2 Å². The van der Waals surface area contributed by atoms with Gasteiger partial charge in [0.05, 0.1) is 29.0 Å². The minimum absolute atomic E-state index is 0.0500. The topological polar surface area (TPSA) is 105 Å². The summed E-state index contributed by atoms with van der Waals surface area (Å²) in [7, 11) is 1.29. The fourth-order valence-corrected chi connectivity index (χ4v) is 2.59. The molecule has 0 aromatic heterocycles. The van der Waals surface area contributed by atoms with Crippen molar-refractivity contribution in [3.8, 4) is 11.5 Å². The number of rotatable bonds is 4. The van der Waals surface area contributed by atoms with Crippen molar-refractivity contribution in [2.75, 3.05) is 12.1 Å². The number of nitrogens with zero attached hydrogens (tertiary/aromatic N) is 3. The van der Waals surface area contributed by atoms with Crippen molar-refractivity contribution in [3.05, 3.63) is 63.7 Å². The normalized spacial score (nSPS) is 15.3. The maximum absolute atomic E-state index is 12.7. The molecule has 2 aromatic carbocycles. The lowest BCUT2D eigenvalue weighted by molar-refractivity contribution is -0.386. The number of hydrogen-bond acceptors (Lipinski definition) is 6. The van der Waals surface area contributed by atoms with Crippen LogP contribution in [0.4, 0.5) is 11.4 Å². The second-order valence-corrected chi connectivity index (χ2v) is 5.54. The second-order valence-electron chi connectivity index (χ2n) is 5.54. The number of nitro benzene ring substituents is 1. The highest BCUT2D eigenvalue weighted by atomic mass is 16.6. The Morgan fingerprint density at radius 1 is 1.27 bits per heavy atom. The third-order valence-electron chi connectivity index (χ3n) is 3.87. The Balaban J connectivity index is 2.03. The highest BCUT2D eigenvalue weighted by Crippen LogP contribution is 2.38. The number of aromatic hydroxyl groups is 1. The molecule has 1 aliphatic rings. The molecule has 1 heterocycles. The number of hydrazone groups is 1. The van der Waals surface area contributed by atoms with Gasteiger partial charge in [-0.05, 0) is 36.8 Å². The molecule has 1 N–H and O–H groups in total. The zero-order chi connectivity index (χ0) is 18.8. The molecule has 0 radical (unpaired) electrons. The van der Waals surface area contributed by atoms with Gasteiger partial charge in [-0.25, -0.2) is 0 Å². The van der Waals surface area contributed by atoms with E-state index in [1.165, 1.54) is 30.3 Å². The van der Waals surface area contributed by atoms with E-state index in [0.717, 1.165) is 0 Å². The van der Waals surface area contributed by atoms with E-state index in [9.17, 15) is 20.0 Å². The molecule has 0 aliphatic carbocycles. The first-order chi connectivity index (χ1) is 12.4. The molecule has 2 aromatic rings. The SMILES string of the molecule is COc1cc(/C=C2\C(=O)N(c3ccccc3)N=C2C)cc([N+](=O)[O-])c1O. The molecule has 132 valence electrons. The number of benzene rings is 2. The minimum atomic E-state index is -0.715. The van der Waals surface area contributed by atoms with Crippen LogP contribution in [-0.2, 0) is 4.79 Å². The zero-order valence-corrected chi connectivity index (χ0v) is 14.0. The van der Waals surface area contributed by atoms with E-state index in [1.807, 2.05) is 6.07 Å². The predicted octanol–water partition coefficient (Wildman–Crippen LogP) is 3.12. The molecule has 0 atom stereocenters. The average Bonchev–Trinajstić information content (AvgIpc) is 2.91. The largest absolute Gasteiger partial charge is 0.500 e. The van der Waals surface area contributed by atoms with Crippen molar-refractivity contribution in [1.82, 2.24) is 0 Å². The van der Waals surface area contributed by atoms with Crippen LogP contribution in [0, 0.1) is 10.1 Å². The average molecular weight is 353 g/mol. The lowest BCUT2D eigenvalue weighted by atomic mass is 10.1. The van der Waals surface area contributed by atoms with Crippen LogP contribution in [0.3, 0.4) is 0 Å². The van der Waals surface area contributed by atoms with Crippen molar-refractivity contribution in [2.45, 2.75) is 6.92 Å². The van der Waals surface area contributed by atoms with E-state index in [4.69, 9.17) is 4.74 Å². The number of phenolic OH excluding ortho intramolecular Hbond substituents is 1. The summed E-state index contributed by atoms with van der Waals surface area (Å²) >= 11 is 0. The fraction of sp³-hybridized carbons (Fsp3) is 0.111. The monoisotopic (exact) mass is 353 g/mol. The van der Waals surface area contributed by atoms with Crippen molar-refractivity contribution in [2.24, 2.45) is 5.10 Å². The maximum Gasteiger partial charge on any atom is 0.315 e. The molecule has 0 unspecified atom stereocenters. The molecule has 3 rings (SSSR count). The molecule has 0 saturated carbocycles. The molecule has 26 heavy (non-hydrogen) atoms. The van der Waals surface area contributed by atoms with Gasteiger partial charge in [0, 0.05) is 6.07 Å². The number of hydrogen-bond donors (Lipinski definition) is 1. The maximum atomic E-state index is 12.7. The van der Waals surface area contributed by atoms with Gasteiger partial charge in [0.2, 0.25) is 5.75 Å². The first-order valence-electron chi connectivity index (χ1n) is 7.64. The van der Waals surface area contributed by atoms with Crippen LogP contribution < -0.4 is 9.75 Å². The van der Waals surface area contributed by atoms with Gasteiger partial charge in [-0.1, -0.05) is 18.2 Å². The van der Waals surface area contributed by atoms with Gasteiger partial charge in [0.15, 0.2) is 5.75 Å². The third-order valence-corrected chi connectivity index (χ3v) is 3.87. The lowest BCUT2D eigenvalue weighted by Gasteiger charge is -2.11. The van der Waals surface area contributed by atoms with Gasteiger partial charge in [-0.2, -0.15) is 10.1 Å². The lowest BCUT2D eigenvalue weighted by Crippen LogP contribution is -2.21. The quantitative estimate of drug-likeness (QED) is 0.516. The van der Waals surface area contributed by atoms with E-state index >= 15 is 0 Å². The number of carbonyl (C=O) groups is 1. The summed E-state index contributed by atoms with van der Waals surface area (Å²) in [6.45, 7) is 1.68. The Labute approximate surface area is 148 Å². The van der Waals surface area contributed by atoms with Gasteiger partial charge in [-0.3, -0.25) is 14.9 Å². The molecule has 8 nitrogen and oxygen atoms in total. The Morgan fingerprint density at radius 3 is 2.58 bits per heavy atom. The van der Waals surface area contributed by atoms with Crippen molar-refractivity contribution < 1.29 is 19.6 Å². The number of carbonyl (C=O) groups excluding carboxylic acids is 1. The van der Waals surface area contributed by atoms with Crippen LogP contribution in [0.25, 0.3) is 6.08 Å². The third kappa shape index (κ3) is 3.00. The predicted molar refractivity (Wildman–Crippen MR) is 96.3 cm³/mol. The number of amides is 1. The number of phenols is 1. The zero-order valence-electron chi connectivity index (χ0n) is 14.0. The molecular formula is C18H15N3O5. The van der Waals surface area contributed by atoms with E-state index in [-0.39, 0.29) is 11.7 Å². The van der Waals surface area contributed by atoms with E-state index < -0.39 is 16.4 Å². The molecule has 0 spiro atoms. The number of methoxy groups -OCH3 is 1. The Bertz CT molecular complexity index is 951. The number of para-hydroxylation sites is 1. The summed E-state index contributed by atoms with van der Waals surface area (Å²) in [5.41, 5.74) is 1.24. The first-order valence-corrected chi connectivity index (χ1v) is 7.64. The van der Waals surface area contributed by atoms with Crippen molar-refractivity contribution in [1.29, 1.82) is 0 Å². The van der Waals surface area contributed by atoms with Crippen molar-refractivity contribution >= 4 is 29.1 Å². The van der Waals surface area contributed by atoms with Crippen LogP contribution in [0.5, 0.6) is 11.5 Å². The van der Waals surface area contributed by atoms with Crippen LogP contribution in [0.15, 0.2) is 53.1 Å². The van der Waals surface area contributed by atoms with Crippen LogP contribution in [0.2, 0.25) is 0 Å². The van der Waals surface area contributed by atoms with Gasteiger partial charge in [0.25, 0.3) is 5.91 Å². The number of nitro groups is 1. The van der Waals surface area contributed by atoms with Crippen LogP contribution in [0.1, 0.15) is 12.5 Å². The van der Waals surface area contributed by atoms with E-state index in [0.29, 0.717) is 22.5 Å². The van der Waals surface area contributed by atoms with E-state index in [2.05, 4.69) is 5.10 Å². The van der Waals surface area contributed by atoms with Gasteiger partial charge in [-0.15, -0.1) is 0 Å². The minimum Gasteiger partial charge on any atom is -0.500 e. The molecule has 0 saturated heterocycles. The van der Waals surface area contributed by atoms with Gasteiger partial charge in [0.1, 0.15) is 0 Å². The van der Waals surface area contributed by atoms with Crippen LogP contribution >= 0.6 is 0 Å². The number of anilines is 1. The van der Waals surface area contributed by atoms with Crippen molar-refractivity contribution in [3.63, 3.8) is 0 Å². The van der Waals surface area contributed by atoms with Crippen LogP contribution in [-0.4, -0.2) is 28.8 Å². The fourth-order valence-electron chi connectivity index (χ4n) is 2.59.